The van der Waals surface area contributed by atoms with Crippen molar-refractivity contribution in [1.82, 2.24) is 15.2 Å². The van der Waals surface area contributed by atoms with E-state index in [0.717, 1.165) is 17.3 Å². The fourth-order valence-corrected chi connectivity index (χ4v) is 2.64. The van der Waals surface area contributed by atoms with E-state index in [-0.39, 0.29) is 11.7 Å². The number of benzene rings is 1. The fraction of sp³-hybridized carbons (Fsp3) is 0.0667. The Kier molecular flexibility index (Phi) is 5.34. The topological polar surface area (TPSA) is 80.9 Å². The van der Waals surface area contributed by atoms with Crippen molar-refractivity contribution in [3.8, 4) is 11.5 Å². The molecule has 1 amide bonds. The minimum Gasteiger partial charge on any atom is -0.411 e. The maximum absolute atomic E-state index is 12.0. The standard InChI is InChI=1S/C15H10Cl2N4O2S/c16-11-2-1-10(7-12(11)17)19-13(22)8-24-15-21-20-14(23-15)9-3-5-18-6-4-9/h1-7H,8H2,(H,19,22). The zero-order valence-electron chi connectivity index (χ0n) is 12.1. The van der Waals surface area contributed by atoms with Gasteiger partial charge in [0.15, 0.2) is 0 Å². The second-order valence-electron chi connectivity index (χ2n) is 4.57. The van der Waals surface area contributed by atoms with Gasteiger partial charge in [-0.05, 0) is 30.3 Å². The summed E-state index contributed by atoms with van der Waals surface area (Å²) in [5.74, 6) is 0.282. The Balaban J connectivity index is 1.56. The van der Waals surface area contributed by atoms with E-state index in [4.69, 9.17) is 27.6 Å². The van der Waals surface area contributed by atoms with E-state index >= 15 is 0 Å². The lowest BCUT2D eigenvalue weighted by Gasteiger charge is -2.05. The first kappa shape index (κ1) is 16.8. The van der Waals surface area contributed by atoms with Crippen LogP contribution in [0, 0.1) is 0 Å². The number of amides is 1. The molecule has 9 heteroatoms. The molecule has 0 fully saturated rings. The maximum Gasteiger partial charge on any atom is 0.277 e. The molecule has 1 aromatic carbocycles. The van der Waals surface area contributed by atoms with Crippen LogP contribution >= 0.6 is 35.0 Å². The van der Waals surface area contributed by atoms with Crippen molar-refractivity contribution in [3.63, 3.8) is 0 Å². The SMILES string of the molecule is O=C(CSc1nnc(-c2ccncc2)o1)Nc1ccc(Cl)c(Cl)c1. The summed E-state index contributed by atoms with van der Waals surface area (Å²) in [7, 11) is 0. The Labute approximate surface area is 151 Å². The Morgan fingerprint density at radius 1 is 1.12 bits per heavy atom. The predicted octanol–water partition coefficient (Wildman–Crippen LogP) is 4.17. The molecule has 0 atom stereocenters. The zero-order chi connectivity index (χ0) is 16.9. The minimum absolute atomic E-state index is 0.123. The smallest absolute Gasteiger partial charge is 0.277 e. The highest BCUT2D eigenvalue weighted by Crippen LogP contribution is 2.26. The number of aromatic nitrogens is 3. The van der Waals surface area contributed by atoms with Crippen molar-refractivity contribution in [2.24, 2.45) is 0 Å². The highest BCUT2D eigenvalue weighted by molar-refractivity contribution is 7.99. The Morgan fingerprint density at radius 3 is 2.67 bits per heavy atom. The summed E-state index contributed by atoms with van der Waals surface area (Å²) in [6.07, 6.45) is 3.27. The van der Waals surface area contributed by atoms with Crippen molar-refractivity contribution in [2.75, 3.05) is 11.1 Å². The van der Waals surface area contributed by atoms with Gasteiger partial charge in [-0.25, -0.2) is 0 Å². The molecule has 0 spiro atoms. The zero-order valence-corrected chi connectivity index (χ0v) is 14.4. The number of nitrogens with one attached hydrogen (secondary N) is 1. The molecule has 2 heterocycles. The summed E-state index contributed by atoms with van der Waals surface area (Å²) in [6, 6.07) is 8.40. The molecule has 0 radical (unpaired) electrons. The van der Waals surface area contributed by atoms with Crippen LogP contribution in [0.15, 0.2) is 52.4 Å². The first-order valence-corrected chi connectivity index (χ1v) is 8.47. The molecule has 0 unspecified atom stereocenters. The predicted molar refractivity (Wildman–Crippen MR) is 93.3 cm³/mol. The molecule has 0 saturated carbocycles. The van der Waals surface area contributed by atoms with E-state index < -0.39 is 0 Å². The third kappa shape index (κ3) is 4.25. The molecule has 3 aromatic rings. The van der Waals surface area contributed by atoms with Crippen molar-refractivity contribution < 1.29 is 9.21 Å². The molecule has 0 aliphatic heterocycles. The number of nitrogens with zero attached hydrogens (tertiary/aromatic N) is 3. The number of pyridine rings is 1. The second kappa shape index (κ2) is 7.65. The van der Waals surface area contributed by atoms with E-state index in [1.54, 1.807) is 42.7 Å². The van der Waals surface area contributed by atoms with Crippen LogP contribution in [0.3, 0.4) is 0 Å². The third-order valence-corrected chi connectivity index (χ3v) is 4.42. The van der Waals surface area contributed by atoms with Crippen LogP contribution in [0.4, 0.5) is 5.69 Å². The van der Waals surface area contributed by atoms with Gasteiger partial charge in [-0.3, -0.25) is 9.78 Å². The number of rotatable bonds is 5. The van der Waals surface area contributed by atoms with Crippen LogP contribution in [-0.4, -0.2) is 26.8 Å². The number of hydrogen-bond acceptors (Lipinski definition) is 6. The van der Waals surface area contributed by atoms with E-state index in [1.807, 2.05) is 0 Å². The van der Waals surface area contributed by atoms with Gasteiger partial charge in [-0.2, -0.15) is 0 Å². The molecule has 24 heavy (non-hydrogen) atoms. The van der Waals surface area contributed by atoms with Gasteiger partial charge in [0, 0.05) is 23.6 Å². The first-order valence-electron chi connectivity index (χ1n) is 6.73. The Hall–Kier alpha value is -2.09. The molecular weight excluding hydrogens is 371 g/mol. The number of halogens is 2. The van der Waals surface area contributed by atoms with Crippen LogP contribution in [0.25, 0.3) is 11.5 Å². The van der Waals surface area contributed by atoms with Gasteiger partial charge in [-0.1, -0.05) is 35.0 Å². The molecule has 0 aliphatic rings. The quantitative estimate of drug-likeness (QED) is 0.668. The van der Waals surface area contributed by atoms with Crippen LogP contribution in [0.5, 0.6) is 0 Å². The van der Waals surface area contributed by atoms with Gasteiger partial charge in [0.05, 0.1) is 15.8 Å². The number of carbonyl (C=O) groups excluding carboxylic acids is 1. The van der Waals surface area contributed by atoms with E-state index in [9.17, 15) is 4.79 Å². The second-order valence-corrected chi connectivity index (χ2v) is 6.32. The average molecular weight is 381 g/mol. The van der Waals surface area contributed by atoms with Crippen molar-refractivity contribution in [2.45, 2.75) is 5.22 Å². The maximum atomic E-state index is 12.0. The minimum atomic E-state index is -0.220. The summed E-state index contributed by atoms with van der Waals surface area (Å²) < 4.78 is 5.50. The molecular formula is C15H10Cl2N4O2S. The lowest BCUT2D eigenvalue weighted by atomic mass is 10.3. The number of carbonyl (C=O) groups is 1. The monoisotopic (exact) mass is 380 g/mol. The summed E-state index contributed by atoms with van der Waals surface area (Å²) in [5.41, 5.74) is 1.34. The summed E-state index contributed by atoms with van der Waals surface area (Å²) in [5, 5.41) is 11.7. The Morgan fingerprint density at radius 2 is 1.92 bits per heavy atom. The van der Waals surface area contributed by atoms with Gasteiger partial charge in [0.25, 0.3) is 5.22 Å². The largest absolute Gasteiger partial charge is 0.411 e. The summed E-state index contributed by atoms with van der Waals surface area (Å²) >= 11 is 12.9. The van der Waals surface area contributed by atoms with Crippen molar-refractivity contribution in [3.05, 3.63) is 52.8 Å². The molecule has 0 aliphatic carbocycles. The highest BCUT2D eigenvalue weighted by Gasteiger charge is 2.11. The van der Waals surface area contributed by atoms with Gasteiger partial charge in [0.1, 0.15) is 0 Å². The number of thioether (sulfide) groups is 1. The lowest BCUT2D eigenvalue weighted by molar-refractivity contribution is -0.113. The molecule has 2 aromatic heterocycles. The van der Waals surface area contributed by atoms with Gasteiger partial charge in [-0.15, -0.1) is 10.2 Å². The molecule has 3 rings (SSSR count). The van der Waals surface area contributed by atoms with Crippen LogP contribution in [-0.2, 0) is 4.79 Å². The lowest BCUT2D eigenvalue weighted by Crippen LogP contribution is -2.13. The van der Waals surface area contributed by atoms with E-state index in [2.05, 4.69) is 20.5 Å². The number of anilines is 1. The highest BCUT2D eigenvalue weighted by atomic mass is 35.5. The van der Waals surface area contributed by atoms with E-state index in [1.165, 1.54) is 0 Å². The summed E-state index contributed by atoms with van der Waals surface area (Å²) in [6.45, 7) is 0. The van der Waals surface area contributed by atoms with Gasteiger partial charge < -0.3 is 9.73 Å². The van der Waals surface area contributed by atoms with Gasteiger partial charge in [0.2, 0.25) is 11.8 Å². The van der Waals surface area contributed by atoms with Crippen molar-refractivity contribution in [1.29, 1.82) is 0 Å². The summed E-state index contributed by atoms with van der Waals surface area (Å²) in [4.78, 5) is 15.9. The van der Waals surface area contributed by atoms with Crippen molar-refractivity contribution >= 4 is 46.6 Å². The molecule has 0 saturated heterocycles. The molecule has 6 nitrogen and oxygen atoms in total. The fourth-order valence-electron chi connectivity index (χ4n) is 1.78. The van der Waals surface area contributed by atoms with Crippen LogP contribution < -0.4 is 5.32 Å². The third-order valence-electron chi connectivity index (χ3n) is 2.86. The van der Waals surface area contributed by atoms with E-state index in [0.29, 0.717) is 26.8 Å². The normalized spacial score (nSPS) is 10.6. The molecule has 1 N–H and O–H groups in total. The number of hydrogen-bond donors (Lipinski definition) is 1. The average Bonchev–Trinajstić information content (AvgIpc) is 3.06. The first-order chi connectivity index (χ1) is 11.6. The molecule has 122 valence electrons. The Bertz CT molecular complexity index is 858. The van der Waals surface area contributed by atoms with Gasteiger partial charge >= 0.3 is 0 Å². The van der Waals surface area contributed by atoms with Crippen LogP contribution in [0.2, 0.25) is 10.0 Å². The molecule has 0 bridgehead atoms. The van der Waals surface area contributed by atoms with Crippen LogP contribution in [0.1, 0.15) is 0 Å².